The van der Waals surface area contributed by atoms with Gasteiger partial charge >= 0.3 is 5.97 Å². The Kier molecular flexibility index (Phi) is 15.4. The second-order valence-corrected chi connectivity index (χ2v) is 5.89. The van der Waals surface area contributed by atoms with E-state index in [1.54, 1.807) is 0 Å². The summed E-state index contributed by atoms with van der Waals surface area (Å²) in [5.41, 5.74) is 0. The fraction of sp³-hybridized carbons (Fsp3) is 0.789. The molecule has 0 atom stereocenters. The Bertz CT molecular complexity index is 308. The van der Waals surface area contributed by atoms with Crippen molar-refractivity contribution in [3.05, 3.63) is 12.2 Å². The normalized spacial score (nSPS) is 11.0. The van der Waals surface area contributed by atoms with Gasteiger partial charge in [0, 0.05) is 19.3 Å². The first-order valence-electron chi connectivity index (χ1n) is 8.94. The number of esters is 1. The van der Waals surface area contributed by atoms with Gasteiger partial charge in [-0.25, -0.2) is 0 Å². The number of ether oxygens (including phenoxy) is 1. The van der Waals surface area contributed by atoms with E-state index in [9.17, 15) is 9.59 Å². The van der Waals surface area contributed by atoms with Gasteiger partial charge in [0.05, 0.1) is 7.11 Å². The molecule has 22 heavy (non-hydrogen) atoms. The van der Waals surface area contributed by atoms with Gasteiger partial charge in [-0.05, 0) is 32.1 Å². The molecule has 0 fully saturated rings. The molecule has 3 nitrogen and oxygen atoms in total. The molecule has 0 bridgehead atoms. The molecule has 0 aliphatic heterocycles. The summed E-state index contributed by atoms with van der Waals surface area (Å²) in [6.45, 7) is 2.20. The lowest BCUT2D eigenvalue weighted by atomic mass is 10.0. The minimum Gasteiger partial charge on any atom is -0.469 e. The van der Waals surface area contributed by atoms with Crippen LogP contribution in [0.4, 0.5) is 0 Å². The molecule has 128 valence electrons. The van der Waals surface area contributed by atoms with Gasteiger partial charge in [0.25, 0.3) is 0 Å². The largest absolute Gasteiger partial charge is 0.469 e. The van der Waals surface area contributed by atoms with Crippen molar-refractivity contribution in [1.82, 2.24) is 0 Å². The van der Waals surface area contributed by atoms with Crippen molar-refractivity contribution in [2.75, 3.05) is 7.11 Å². The number of allylic oxidation sites excluding steroid dienone is 2. The van der Waals surface area contributed by atoms with Crippen molar-refractivity contribution in [2.45, 2.75) is 90.4 Å². The maximum absolute atomic E-state index is 11.7. The fourth-order valence-electron chi connectivity index (χ4n) is 2.32. The molecule has 0 saturated carbocycles. The average molecular weight is 310 g/mol. The van der Waals surface area contributed by atoms with Crippen LogP contribution in [0.25, 0.3) is 0 Å². The third-order valence-corrected chi connectivity index (χ3v) is 3.78. The Hall–Kier alpha value is -1.12. The van der Waals surface area contributed by atoms with Crippen LogP contribution in [0.3, 0.4) is 0 Å². The van der Waals surface area contributed by atoms with E-state index >= 15 is 0 Å². The predicted octanol–water partition coefficient (Wildman–Crippen LogP) is 5.38. The van der Waals surface area contributed by atoms with E-state index in [4.69, 9.17) is 0 Å². The van der Waals surface area contributed by atoms with Gasteiger partial charge in [0.2, 0.25) is 0 Å². The van der Waals surface area contributed by atoms with Crippen LogP contribution in [-0.4, -0.2) is 18.9 Å². The van der Waals surface area contributed by atoms with Crippen LogP contribution >= 0.6 is 0 Å². The first-order valence-corrected chi connectivity index (χ1v) is 8.94. The molecule has 0 rings (SSSR count). The molecule has 0 unspecified atom stereocenters. The van der Waals surface area contributed by atoms with Crippen molar-refractivity contribution >= 4 is 11.8 Å². The van der Waals surface area contributed by atoms with Crippen molar-refractivity contribution in [2.24, 2.45) is 0 Å². The molecule has 0 heterocycles. The second-order valence-electron chi connectivity index (χ2n) is 5.89. The highest BCUT2D eigenvalue weighted by molar-refractivity contribution is 5.78. The number of carbonyl (C=O) groups excluding carboxylic acids is 2. The first kappa shape index (κ1) is 20.9. The van der Waals surface area contributed by atoms with E-state index in [1.807, 2.05) is 0 Å². The summed E-state index contributed by atoms with van der Waals surface area (Å²) in [6.07, 6.45) is 17.2. The Morgan fingerprint density at radius 3 is 1.95 bits per heavy atom. The van der Waals surface area contributed by atoms with Crippen LogP contribution in [-0.2, 0) is 14.3 Å². The summed E-state index contributed by atoms with van der Waals surface area (Å²) in [6, 6.07) is 0. The predicted molar refractivity (Wildman–Crippen MR) is 91.9 cm³/mol. The van der Waals surface area contributed by atoms with Gasteiger partial charge in [0.15, 0.2) is 0 Å². The Balaban J connectivity index is 3.29. The van der Waals surface area contributed by atoms with Gasteiger partial charge in [-0.2, -0.15) is 0 Å². The number of hydrogen-bond acceptors (Lipinski definition) is 3. The molecule has 0 aliphatic rings. The summed E-state index contributed by atoms with van der Waals surface area (Å²) in [5, 5.41) is 0. The molecule has 0 aliphatic carbocycles. The zero-order valence-corrected chi connectivity index (χ0v) is 14.6. The van der Waals surface area contributed by atoms with Crippen LogP contribution < -0.4 is 0 Å². The Morgan fingerprint density at radius 2 is 1.32 bits per heavy atom. The molecule has 0 spiro atoms. The first-order chi connectivity index (χ1) is 10.7. The standard InChI is InChI=1S/C19H34O3/c1-3-4-5-6-7-9-12-15-18(20)16-13-10-8-11-14-17-19(21)22-2/h6-7H,3-5,8-17H2,1-2H3. The second kappa shape index (κ2) is 16.3. The van der Waals surface area contributed by atoms with E-state index in [0.29, 0.717) is 12.2 Å². The van der Waals surface area contributed by atoms with Gasteiger partial charge in [-0.3, -0.25) is 9.59 Å². The molecule has 0 amide bonds. The average Bonchev–Trinajstić information content (AvgIpc) is 2.52. The highest BCUT2D eigenvalue weighted by Crippen LogP contribution is 2.10. The molecule has 0 radical (unpaired) electrons. The molecule has 0 N–H and O–H groups in total. The highest BCUT2D eigenvalue weighted by Gasteiger charge is 2.02. The summed E-state index contributed by atoms with van der Waals surface area (Å²) in [5.74, 6) is 0.274. The summed E-state index contributed by atoms with van der Waals surface area (Å²) >= 11 is 0. The van der Waals surface area contributed by atoms with E-state index in [1.165, 1.54) is 26.4 Å². The van der Waals surface area contributed by atoms with E-state index in [-0.39, 0.29) is 5.97 Å². The Morgan fingerprint density at radius 1 is 0.773 bits per heavy atom. The number of rotatable bonds is 15. The van der Waals surface area contributed by atoms with Crippen LogP contribution in [0.1, 0.15) is 90.4 Å². The lowest BCUT2D eigenvalue weighted by Gasteiger charge is -2.02. The quantitative estimate of drug-likeness (QED) is 0.232. The molecule has 0 saturated heterocycles. The smallest absolute Gasteiger partial charge is 0.305 e. The fourth-order valence-corrected chi connectivity index (χ4v) is 2.32. The number of unbranched alkanes of at least 4 members (excludes halogenated alkanes) is 7. The van der Waals surface area contributed by atoms with E-state index in [2.05, 4.69) is 23.8 Å². The van der Waals surface area contributed by atoms with Crippen LogP contribution in [0.15, 0.2) is 12.2 Å². The molecular weight excluding hydrogens is 276 g/mol. The number of methoxy groups -OCH3 is 1. The van der Waals surface area contributed by atoms with Crippen molar-refractivity contribution < 1.29 is 14.3 Å². The topological polar surface area (TPSA) is 43.4 Å². The van der Waals surface area contributed by atoms with E-state index in [0.717, 1.165) is 57.8 Å². The number of Topliss-reactive ketones (excluding diaryl/α,β-unsaturated/α-hetero) is 1. The van der Waals surface area contributed by atoms with Crippen LogP contribution in [0.5, 0.6) is 0 Å². The lowest BCUT2D eigenvalue weighted by molar-refractivity contribution is -0.140. The van der Waals surface area contributed by atoms with Crippen LogP contribution in [0.2, 0.25) is 0 Å². The molecule has 0 aromatic carbocycles. The summed E-state index contributed by atoms with van der Waals surface area (Å²) < 4.78 is 4.60. The van der Waals surface area contributed by atoms with Crippen molar-refractivity contribution in [3.63, 3.8) is 0 Å². The van der Waals surface area contributed by atoms with Gasteiger partial charge in [-0.15, -0.1) is 0 Å². The maximum Gasteiger partial charge on any atom is 0.305 e. The van der Waals surface area contributed by atoms with Gasteiger partial charge in [0.1, 0.15) is 5.78 Å². The third-order valence-electron chi connectivity index (χ3n) is 3.78. The minimum absolute atomic E-state index is 0.126. The molecule has 3 heteroatoms. The highest BCUT2D eigenvalue weighted by atomic mass is 16.5. The van der Waals surface area contributed by atoms with Crippen molar-refractivity contribution in [3.8, 4) is 0 Å². The minimum atomic E-state index is -0.126. The van der Waals surface area contributed by atoms with Gasteiger partial charge in [-0.1, -0.05) is 51.2 Å². The zero-order chi connectivity index (χ0) is 16.5. The Labute approximate surface area is 136 Å². The molecule has 0 aromatic rings. The van der Waals surface area contributed by atoms with Crippen LogP contribution in [0, 0.1) is 0 Å². The summed E-state index contributed by atoms with van der Waals surface area (Å²) in [7, 11) is 1.43. The zero-order valence-electron chi connectivity index (χ0n) is 14.6. The summed E-state index contributed by atoms with van der Waals surface area (Å²) in [4.78, 5) is 22.6. The molecular formula is C19H34O3. The SMILES string of the molecule is CCCCC=CCCCC(=O)CCCCCCCC(=O)OC. The van der Waals surface area contributed by atoms with Gasteiger partial charge < -0.3 is 4.74 Å². The molecule has 0 aromatic heterocycles. The van der Waals surface area contributed by atoms with E-state index < -0.39 is 0 Å². The third kappa shape index (κ3) is 15.3. The number of ketones is 1. The van der Waals surface area contributed by atoms with Crippen molar-refractivity contribution in [1.29, 1.82) is 0 Å². The monoisotopic (exact) mass is 310 g/mol. The number of carbonyl (C=O) groups is 2. The number of hydrogen-bond donors (Lipinski definition) is 0. The lowest BCUT2D eigenvalue weighted by Crippen LogP contribution is -1.99. The maximum atomic E-state index is 11.7.